The second-order valence-corrected chi connectivity index (χ2v) is 3.80. The van der Waals surface area contributed by atoms with E-state index in [9.17, 15) is 0 Å². The molecule has 0 bridgehead atoms. The van der Waals surface area contributed by atoms with E-state index >= 15 is 0 Å². The summed E-state index contributed by atoms with van der Waals surface area (Å²) in [6.07, 6.45) is 3.77. The lowest BCUT2D eigenvalue weighted by Gasteiger charge is -1.90. The van der Waals surface area contributed by atoms with E-state index < -0.39 is 0 Å². The molecule has 2 rings (SSSR count). The number of rotatable bonds is 0. The van der Waals surface area contributed by atoms with E-state index in [1.807, 2.05) is 12.1 Å². The summed E-state index contributed by atoms with van der Waals surface area (Å²) >= 11 is 3.36. The van der Waals surface area contributed by atoms with Crippen molar-refractivity contribution < 1.29 is 0 Å². The van der Waals surface area contributed by atoms with Crippen LogP contribution in [0.1, 0.15) is 12.0 Å². The molecule has 3 nitrogen and oxygen atoms in total. The minimum atomic E-state index is 0.244. The second kappa shape index (κ2) is 4.16. The van der Waals surface area contributed by atoms with Gasteiger partial charge in [-0.3, -0.25) is 0 Å². The predicted octanol–water partition coefficient (Wildman–Crippen LogP) is 2.59. The van der Waals surface area contributed by atoms with E-state index in [4.69, 9.17) is 5.26 Å². The summed E-state index contributed by atoms with van der Waals surface area (Å²) in [5.41, 5.74) is 1.67. The number of hydrogen-bond donors (Lipinski definition) is 1. The van der Waals surface area contributed by atoms with E-state index in [0.717, 1.165) is 21.1 Å². The largest absolute Gasteiger partial charge is 0.345 e. The summed E-state index contributed by atoms with van der Waals surface area (Å²) in [6.45, 7) is 0. The van der Waals surface area contributed by atoms with Crippen LogP contribution in [0.15, 0.2) is 22.9 Å². The Kier molecular flexibility index (Phi) is 2.71. The van der Waals surface area contributed by atoms with Gasteiger partial charge < -0.3 is 4.98 Å². The second-order valence-electron chi connectivity index (χ2n) is 2.89. The first-order chi connectivity index (χ1) is 7.31. The van der Waals surface area contributed by atoms with Crippen molar-refractivity contribution in [3.63, 3.8) is 0 Å². The highest BCUT2D eigenvalue weighted by atomic mass is 79.9. The topological polar surface area (TPSA) is 52.5 Å². The summed E-state index contributed by atoms with van der Waals surface area (Å²) in [4.78, 5) is 7.22. The lowest BCUT2D eigenvalue weighted by Crippen LogP contribution is -1.76. The van der Waals surface area contributed by atoms with Gasteiger partial charge in [-0.15, -0.1) is 0 Å². The Morgan fingerprint density at radius 3 is 3.20 bits per heavy atom. The Morgan fingerprint density at radius 2 is 2.40 bits per heavy atom. The molecular weight excluding hydrogens is 254 g/mol. The van der Waals surface area contributed by atoms with Crippen molar-refractivity contribution in [1.29, 1.82) is 5.26 Å². The van der Waals surface area contributed by atoms with E-state index in [1.54, 1.807) is 12.4 Å². The van der Waals surface area contributed by atoms with Crippen molar-refractivity contribution in [2.75, 3.05) is 0 Å². The molecule has 0 aliphatic heterocycles. The summed E-state index contributed by atoms with van der Waals surface area (Å²) in [7, 11) is 0. The first-order valence-electron chi connectivity index (χ1n) is 4.29. The van der Waals surface area contributed by atoms with Crippen LogP contribution < -0.4 is 0 Å². The number of aromatic nitrogens is 2. The average molecular weight is 260 g/mol. The maximum Gasteiger partial charge on any atom is 0.138 e. The molecule has 0 aliphatic carbocycles. The van der Waals surface area contributed by atoms with Crippen LogP contribution in [0.5, 0.6) is 0 Å². The number of halogens is 1. The fraction of sp³-hybridized carbons (Fsp3) is 0.0909. The SMILES string of the molecule is N#CCC#Cc1c[nH]c2ncc(Br)cc12. The third-order valence-corrected chi connectivity index (χ3v) is 2.32. The smallest absolute Gasteiger partial charge is 0.138 e. The normalized spacial score (nSPS) is 9.33. The summed E-state index contributed by atoms with van der Waals surface area (Å²) in [5, 5.41) is 9.34. The van der Waals surface area contributed by atoms with E-state index in [2.05, 4.69) is 37.7 Å². The number of nitrogens with zero attached hydrogens (tertiary/aromatic N) is 2. The molecule has 0 spiro atoms. The number of H-pyrrole nitrogens is 1. The maximum atomic E-state index is 8.37. The molecule has 4 heteroatoms. The number of hydrogen-bond acceptors (Lipinski definition) is 2. The lowest BCUT2D eigenvalue weighted by atomic mass is 10.2. The molecule has 0 fully saturated rings. The van der Waals surface area contributed by atoms with Gasteiger partial charge in [-0.2, -0.15) is 5.26 Å². The Balaban J connectivity index is 2.50. The first kappa shape index (κ1) is 9.76. The number of fused-ring (bicyclic) bond motifs is 1. The molecule has 0 amide bonds. The summed E-state index contributed by atoms with van der Waals surface area (Å²) in [5.74, 6) is 5.71. The molecule has 72 valence electrons. The third kappa shape index (κ3) is 2.01. The molecule has 2 aromatic rings. The fourth-order valence-corrected chi connectivity index (χ4v) is 1.59. The Bertz CT molecular complexity index is 596. The van der Waals surface area contributed by atoms with E-state index in [0.29, 0.717) is 0 Å². The molecule has 1 N–H and O–H groups in total. The molecular formula is C11H6BrN3. The monoisotopic (exact) mass is 259 g/mol. The van der Waals surface area contributed by atoms with Crippen molar-refractivity contribution in [2.45, 2.75) is 6.42 Å². The van der Waals surface area contributed by atoms with Crippen LogP contribution in [0.25, 0.3) is 11.0 Å². The van der Waals surface area contributed by atoms with Gasteiger partial charge in [-0.25, -0.2) is 4.98 Å². The molecule has 0 unspecified atom stereocenters. The van der Waals surface area contributed by atoms with Crippen molar-refractivity contribution in [3.05, 3.63) is 28.5 Å². The number of nitriles is 1. The standard InChI is InChI=1S/C11H6BrN3/c12-9-5-10-8(3-1-2-4-13)6-14-11(10)15-7-9/h5-7H,2H2,(H,14,15). The molecule has 0 atom stereocenters. The highest BCUT2D eigenvalue weighted by Crippen LogP contribution is 2.19. The lowest BCUT2D eigenvalue weighted by molar-refractivity contribution is 1.31. The van der Waals surface area contributed by atoms with Gasteiger partial charge in [-0.1, -0.05) is 11.8 Å². The van der Waals surface area contributed by atoms with Crippen molar-refractivity contribution in [2.24, 2.45) is 0 Å². The van der Waals surface area contributed by atoms with Gasteiger partial charge in [0.15, 0.2) is 0 Å². The first-order valence-corrected chi connectivity index (χ1v) is 5.09. The highest BCUT2D eigenvalue weighted by Gasteiger charge is 2.02. The van der Waals surface area contributed by atoms with E-state index in [1.165, 1.54) is 0 Å². The number of pyridine rings is 1. The third-order valence-electron chi connectivity index (χ3n) is 1.89. The van der Waals surface area contributed by atoms with Gasteiger partial charge >= 0.3 is 0 Å². The molecule has 0 aromatic carbocycles. The van der Waals surface area contributed by atoms with Gasteiger partial charge in [0.05, 0.1) is 18.1 Å². The van der Waals surface area contributed by atoms with Crippen LogP contribution in [0.3, 0.4) is 0 Å². The van der Waals surface area contributed by atoms with Crippen molar-refractivity contribution in [3.8, 4) is 17.9 Å². The Labute approximate surface area is 95.3 Å². The zero-order valence-corrected chi connectivity index (χ0v) is 9.30. The van der Waals surface area contributed by atoms with Crippen LogP contribution >= 0.6 is 15.9 Å². The van der Waals surface area contributed by atoms with Crippen LogP contribution in [-0.4, -0.2) is 9.97 Å². The predicted molar refractivity (Wildman–Crippen MR) is 60.9 cm³/mol. The molecule has 2 aromatic heterocycles. The minimum absolute atomic E-state index is 0.244. The average Bonchev–Trinajstić information content (AvgIpc) is 2.62. The van der Waals surface area contributed by atoms with Crippen molar-refractivity contribution in [1.82, 2.24) is 9.97 Å². The molecule has 0 aliphatic rings. The maximum absolute atomic E-state index is 8.37. The summed E-state index contributed by atoms with van der Waals surface area (Å²) < 4.78 is 0.915. The van der Waals surface area contributed by atoms with Gasteiger partial charge in [0.1, 0.15) is 5.65 Å². The van der Waals surface area contributed by atoms with E-state index in [-0.39, 0.29) is 6.42 Å². The molecule has 0 radical (unpaired) electrons. The van der Waals surface area contributed by atoms with Crippen LogP contribution in [0, 0.1) is 23.2 Å². The van der Waals surface area contributed by atoms with Crippen LogP contribution in [0.2, 0.25) is 0 Å². The zero-order chi connectivity index (χ0) is 10.7. The van der Waals surface area contributed by atoms with Gasteiger partial charge in [0.25, 0.3) is 0 Å². The van der Waals surface area contributed by atoms with Crippen molar-refractivity contribution >= 4 is 27.0 Å². The van der Waals surface area contributed by atoms with Gasteiger partial charge in [0, 0.05) is 22.3 Å². The minimum Gasteiger partial charge on any atom is -0.345 e. The molecule has 15 heavy (non-hydrogen) atoms. The quantitative estimate of drug-likeness (QED) is 0.740. The Morgan fingerprint density at radius 1 is 1.53 bits per heavy atom. The summed E-state index contributed by atoms with van der Waals surface area (Å²) in [6, 6.07) is 3.93. The fourth-order valence-electron chi connectivity index (χ4n) is 1.26. The van der Waals surface area contributed by atoms with Gasteiger partial charge in [0.2, 0.25) is 0 Å². The Hall–Kier alpha value is -1.78. The molecule has 0 saturated heterocycles. The molecule has 0 saturated carbocycles. The number of nitrogens with one attached hydrogen (secondary N) is 1. The number of aromatic amines is 1. The molecule has 2 heterocycles. The van der Waals surface area contributed by atoms with Gasteiger partial charge in [-0.05, 0) is 22.0 Å². The highest BCUT2D eigenvalue weighted by molar-refractivity contribution is 9.10. The van der Waals surface area contributed by atoms with Crippen LogP contribution in [-0.2, 0) is 0 Å². The zero-order valence-electron chi connectivity index (χ0n) is 7.71. The van der Waals surface area contributed by atoms with Crippen LogP contribution in [0.4, 0.5) is 0 Å².